The van der Waals surface area contributed by atoms with Gasteiger partial charge in [-0.25, -0.2) is 0 Å². The second-order valence-corrected chi connectivity index (χ2v) is 4.34. The molecule has 0 aliphatic carbocycles. The van der Waals surface area contributed by atoms with Crippen LogP contribution in [0.5, 0.6) is 0 Å². The van der Waals surface area contributed by atoms with E-state index in [0.29, 0.717) is 6.54 Å². The third-order valence-electron chi connectivity index (χ3n) is 3.11. The van der Waals surface area contributed by atoms with Crippen molar-refractivity contribution in [2.24, 2.45) is 0 Å². The number of rotatable bonds is 8. The van der Waals surface area contributed by atoms with E-state index in [1.165, 1.54) is 4.90 Å². The molecule has 0 radical (unpaired) electrons. The maximum Gasteiger partial charge on any atom is 0.401 e. The quantitative estimate of drug-likeness (QED) is 0.716. The van der Waals surface area contributed by atoms with Gasteiger partial charge in [-0.05, 0) is 26.4 Å². The highest BCUT2D eigenvalue weighted by Crippen LogP contribution is 2.21. The normalized spacial score (nSPS) is 16.2. The lowest BCUT2D eigenvalue weighted by Gasteiger charge is -2.36. The standard InChI is InChI=1S/C12H25F3N2/c1-5-8-10(16-4)11(6-2)17(7-3)9-12(13,14)15/h10-11,16H,5-9H2,1-4H3. The highest BCUT2D eigenvalue weighted by Gasteiger charge is 2.34. The first-order valence-corrected chi connectivity index (χ1v) is 6.37. The van der Waals surface area contributed by atoms with Gasteiger partial charge in [-0.2, -0.15) is 13.2 Å². The van der Waals surface area contributed by atoms with Crippen molar-refractivity contribution in [3.8, 4) is 0 Å². The van der Waals surface area contributed by atoms with Crippen LogP contribution in [0.2, 0.25) is 0 Å². The van der Waals surface area contributed by atoms with Crippen LogP contribution in [0.25, 0.3) is 0 Å². The van der Waals surface area contributed by atoms with Gasteiger partial charge in [0.25, 0.3) is 0 Å². The lowest BCUT2D eigenvalue weighted by molar-refractivity contribution is -0.151. The van der Waals surface area contributed by atoms with Gasteiger partial charge >= 0.3 is 6.18 Å². The molecule has 0 fully saturated rings. The fourth-order valence-electron chi connectivity index (χ4n) is 2.33. The van der Waals surface area contributed by atoms with E-state index < -0.39 is 12.7 Å². The third kappa shape index (κ3) is 6.27. The zero-order chi connectivity index (χ0) is 13.5. The second kappa shape index (κ2) is 7.93. The SMILES string of the molecule is CCCC(NC)C(CC)N(CC)CC(F)(F)F. The van der Waals surface area contributed by atoms with Crippen LogP contribution in [0.1, 0.15) is 40.0 Å². The number of hydrogen-bond donors (Lipinski definition) is 1. The molecule has 0 saturated heterocycles. The van der Waals surface area contributed by atoms with E-state index in [4.69, 9.17) is 0 Å². The largest absolute Gasteiger partial charge is 0.401 e. The van der Waals surface area contributed by atoms with Gasteiger partial charge in [-0.3, -0.25) is 4.90 Å². The van der Waals surface area contributed by atoms with Crippen molar-refractivity contribution in [1.29, 1.82) is 0 Å². The maximum atomic E-state index is 12.5. The van der Waals surface area contributed by atoms with Crippen molar-refractivity contribution in [2.75, 3.05) is 20.1 Å². The molecule has 0 saturated carbocycles. The minimum absolute atomic E-state index is 0.0495. The zero-order valence-corrected chi connectivity index (χ0v) is 11.3. The van der Waals surface area contributed by atoms with Gasteiger partial charge in [0.15, 0.2) is 0 Å². The fourth-order valence-corrected chi connectivity index (χ4v) is 2.33. The average Bonchev–Trinajstić information content (AvgIpc) is 2.25. The monoisotopic (exact) mass is 254 g/mol. The molecule has 2 unspecified atom stereocenters. The molecule has 0 aromatic carbocycles. The Bertz CT molecular complexity index is 195. The first-order valence-electron chi connectivity index (χ1n) is 6.37. The molecule has 0 bridgehead atoms. The fraction of sp³-hybridized carbons (Fsp3) is 1.00. The first-order chi connectivity index (χ1) is 7.89. The average molecular weight is 254 g/mol. The summed E-state index contributed by atoms with van der Waals surface area (Å²) in [5.74, 6) is 0. The van der Waals surface area contributed by atoms with Gasteiger partial charge in [0.2, 0.25) is 0 Å². The summed E-state index contributed by atoms with van der Waals surface area (Å²) in [7, 11) is 1.82. The molecule has 2 nitrogen and oxygen atoms in total. The summed E-state index contributed by atoms with van der Waals surface area (Å²) in [4.78, 5) is 1.52. The van der Waals surface area contributed by atoms with Crippen LogP contribution in [0.3, 0.4) is 0 Å². The van der Waals surface area contributed by atoms with Gasteiger partial charge in [-0.15, -0.1) is 0 Å². The van der Waals surface area contributed by atoms with E-state index in [-0.39, 0.29) is 12.1 Å². The molecule has 5 heteroatoms. The predicted molar refractivity (Wildman–Crippen MR) is 65.1 cm³/mol. The lowest BCUT2D eigenvalue weighted by Crippen LogP contribution is -2.51. The van der Waals surface area contributed by atoms with Crippen molar-refractivity contribution in [2.45, 2.75) is 58.3 Å². The summed E-state index contributed by atoms with van der Waals surface area (Å²) in [6.45, 7) is 5.40. The van der Waals surface area contributed by atoms with Crippen LogP contribution < -0.4 is 5.32 Å². The number of halogens is 3. The van der Waals surface area contributed by atoms with E-state index in [1.54, 1.807) is 6.92 Å². The highest BCUT2D eigenvalue weighted by atomic mass is 19.4. The molecule has 104 valence electrons. The second-order valence-electron chi connectivity index (χ2n) is 4.34. The minimum Gasteiger partial charge on any atom is -0.315 e. The summed E-state index contributed by atoms with van der Waals surface area (Å²) in [6, 6.07) is 0.0823. The smallest absolute Gasteiger partial charge is 0.315 e. The molecule has 0 aromatic heterocycles. The third-order valence-corrected chi connectivity index (χ3v) is 3.11. The van der Waals surface area contributed by atoms with Crippen molar-refractivity contribution in [3.05, 3.63) is 0 Å². The summed E-state index contributed by atoms with van der Waals surface area (Å²) < 4.78 is 37.4. The van der Waals surface area contributed by atoms with Crippen molar-refractivity contribution in [3.63, 3.8) is 0 Å². The number of hydrogen-bond acceptors (Lipinski definition) is 2. The van der Waals surface area contributed by atoms with Gasteiger partial charge in [0, 0.05) is 12.1 Å². The summed E-state index contributed by atoms with van der Waals surface area (Å²) in [5, 5.41) is 3.15. The van der Waals surface area contributed by atoms with Crippen LogP contribution in [-0.4, -0.2) is 43.3 Å². The molecule has 0 spiro atoms. The van der Waals surface area contributed by atoms with Crippen molar-refractivity contribution < 1.29 is 13.2 Å². The molecule has 0 rings (SSSR count). The van der Waals surface area contributed by atoms with Crippen LogP contribution in [-0.2, 0) is 0 Å². The molecule has 0 aliphatic rings. The van der Waals surface area contributed by atoms with Gasteiger partial charge < -0.3 is 5.32 Å². The van der Waals surface area contributed by atoms with Crippen molar-refractivity contribution >= 4 is 0 Å². The van der Waals surface area contributed by atoms with E-state index in [0.717, 1.165) is 19.3 Å². The van der Waals surface area contributed by atoms with Gasteiger partial charge in [0.05, 0.1) is 6.54 Å². The Kier molecular flexibility index (Phi) is 7.79. The Morgan fingerprint density at radius 2 is 1.76 bits per heavy atom. The highest BCUT2D eigenvalue weighted by molar-refractivity contribution is 4.83. The van der Waals surface area contributed by atoms with E-state index >= 15 is 0 Å². The summed E-state index contributed by atoms with van der Waals surface area (Å²) >= 11 is 0. The van der Waals surface area contributed by atoms with Crippen LogP contribution in [0.4, 0.5) is 13.2 Å². The Balaban J connectivity index is 4.66. The van der Waals surface area contributed by atoms with Crippen molar-refractivity contribution in [1.82, 2.24) is 10.2 Å². The van der Waals surface area contributed by atoms with E-state index in [9.17, 15) is 13.2 Å². The molecule has 0 aliphatic heterocycles. The van der Waals surface area contributed by atoms with Gasteiger partial charge in [-0.1, -0.05) is 27.2 Å². The minimum atomic E-state index is -4.12. The molecule has 1 N–H and O–H groups in total. The first kappa shape index (κ1) is 16.7. The molecular weight excluding hydrogens is 229 g/mol. The van der Waals surface area contributed by atoms with Crippen LogP contribution in [0, 0.1) is 0 Å². The number of alkyl halides is 3. The number of likely N-dealkylation sites (N-methyl/N-ethyl adjacent to an activating group) is 2. The summed E-state index contributed by atoms with van der Waals surface area (Å²) in [5.41, 5.74) is 0. The van der Waals surface area contributed by atoms with E-state index in [1.807, 2.05) is 14.0 Å². The molecular formula is C12H25F3N2. The Morgan fingerprint density at radius 3 is 2.06 bits per heavy atom. The molecule has 0 heterocycles. The Labute approximate surface area is 103 Å². The number of nitrogens with zero attached hydrogens (tertiary/aromatic N) is 1. The molecule has 17 heavy (non-hydrogen) atoms. The van der Waals surface area contributed by atoms with E-state index in [2.05, 4.69) is 12.2 Å². The molecule has 0 aromatic rings. The topological polar surface area (TPSA) is 15.3 Å². The zero-order valence-electron chi connectivity index (χ0n) is 11.3. The van der Waals surface area contributed by atoms with Crippen LogP contribution >= 0.6 is 0 Å². The summed E-state index contributed by atoms with van der Waals surface area (Å²) in [6.07, 6.45) is -1.50. The van der Waals surface area contributed by atoms with Crippen LogP contribution in [0.15, 0.2) is 0 Å². The predicted octanol–water partition coefficient (Wildman–Crippen LogP) is 3.04. The Hall–Kier alpha value is -0.290. The lowest BCUT2D eigenvalue weighted by atomic mass is 9.99. The number of nitrogens with one attached hydrogen (secondary N) is 1. The maximum absolute atomic E-state index is 12.5. The molecule has 2 atom stereocenters. The van der Waals surface area contributed by atoms with Gasteiger partial charge in [0.1, 0.15) is 0 Å². The molecule has 0 amide bonds. The Morgan fingerprint density at radius 1 is 1.18 bits per heavy atom.